The molecule has 1 N–H and O–H groups in total. The van der Waals surface area contributed by atoms with Gasteiger partial charge in [0, 0.05) is 44.6 Å². The highest BCUT2D eigenvalue weighted by Gasteiger charge is 2.24. The van der Waals surface area contributed by atoms with Gasteiger partial charge in [0.05, 0.1) is 27.6 Å². The number of piperazine rings is 1. The summed E-state index contributed by atoms with van der Waals surface area (Å²) >= 11 is 12.4. The van der Waals surface area contributed by atoms with Gasteiger partial charge in [-0.2, -0.15) is 0 Å². The first-order valence-corrected chi connectivity index (χ1v) is 9.18. The largest absolute Gasteiger partial charge is 0.314 e. The van der Waals surface area contributed by atoms with Crippen LogP contribution in [0.4, 0.5) is 0 Å². The van der Waals surface area contributed by atoms with Gasteiger partial charge in [-0.3, -0.25) is 9.88 Å². The summed E-state index contributed by atoms with van der Waals surface area (Å²) in [5, 5.41) is 13.0. The molecule has 1 atom stereocenters. The maximum absolute atomic E-state index is 6.29. The van der Waals surface area contributed by atoms with Crippen LogP contribution in [-0.2, 0) is 6.54 Å². The molecule has 1 aliphatic heterocycles. The Morgan fingerprint density at radius 2 is 1.96 bits per heavy atom. The molecule has 6 nitrogen and oxygen atoms in total. The smallest absolute Gasteiger partial charge is 0.0972 e. The van der Waals surface area contributed by atoms with Gasteiger partial charge in [-0.25, -0.2) is 4.68 Å². The van der Waals surface area contributed by atoms with Crippen molar-refractivity contribution in [1.82, 2.24) is 30.2 Å². The lowest BCUT2D eigenvalue weighted by atomic mass is 10.0. The van der Waals surface area contributed by atoms with E-state index in [1.807, 2.05) is 30.7 Å². The Labute approximate surface area is 173 Å². The van der Waals surface area contributed by atoms with Gasteiger partial charge in [-0.05, 0) is 29.8 Å². The fourth-order valence-corrected chi connectivity index (χ4v) is 3.60. The summed E-state index contributed by atoms with van der Waals surface area (Å²) in [5.41, 5.74) is 2.86. The predicted molar refractivity (Wildman–Crippen MR) is 109 cm³/mol. The predicted octanol–water partition coefficient (Wildman–Crippen LogP) is 3.54. The summed E-state index contributed by atoms with van der Waals surface area (Å²) in [6.45, 7) is 3.51. The number of pyridine rings is 1. The van der Waals surface area contributed by atoms with Crippen molar-refractivity contribution in [2.75, 3.05) is 19.6 Å². The van der Waals surface area contributed by atoms with Gasteiger partial charge >= 0.3 is 0 Å². The van der Waals surface area contributed by atoms with Gasteiger partial charge in [0.2, 0.25) is 0 Å². The number of benzene rings is 1. The Kier molecular flexibility index (Phi) is 6.68. The fourth-order valence-electron chi connectivity index (χ4n) is 3.22. The first-order valence-electron chi connectivity index (χ1n) is 8.42. The van der Waals surface area contributed by atoms with Crippen molar-refractivity contribution >= 4 is 35.6 Å². The second kappa shape index (κ2) is 8.99. The maximum Gasteiger partial charge on any atom is 0.0972 e. The summed E-state index contributed by atoms with van der Waals surface area (Å²) in [4.78, 5) is 6.52. The van der Waals surface area contributed by atoms with Gasteiger partial charge < -0.3 is 5.32 Å². The normalized spacial score (nSPS) is 17.5. The third-order valence-electron chi connectivity index (χ3n) is 4.53. The highest BCUT2D eigenvalue weighted by molar-refractivity contribution is 6.43. The van der Waals surface area contributed by atoms with Crippen LogP contribution in [0, 0.1) is 0 Å². The van der Waals surface area contributed by atoms with Crippen molar-refractivity contribution in [3.63, 3.8) is 0 Å². The summed E-state index contributed by atoms with van der Waals surface area (Å²) in [6.07, 6.45) is 5.57. The lowest BCUT2D eigenvalue weighted by Gasteiger charge is -2.35. The quantitative estimate of drug-likeness (QED) is 0.693. The van der Waals surface area contributed by atoms with Crippen LogP contribution in [0.2, 0.25) is 10.0 Å². The Balaban J connectivity index is 0.00000210. The van der Waals surface area contributed by atoms with Crippen LogP contribution < -0.4 is 5.32 Å². The summed E-state index contributed by atoms with van der Waals surface area (Å²) in [7, 11) is 0. The third-order valence-corrected chi connectivity index (χ3v) is 5.34. The van der Waals surface area contributed by atoms with Gasteiger partial charge in [-0.15, -0.1) is 17.5 Å². The molecule has 0 spiro atoms. The molecule has 0 saturated carbocycles. The van der Waals surface area contributed by atoms with Crippen LogP contribution in [-0.4, -0.2) is 44.5 Å². The Morgan fingerprint density at radius 1 is 1.15 bits per heavy atom. The van der Waals surface area contributed by atoms with Crippen molar-refractivity contribution in [3.05, 3.63) is 70.2 Å². The van der Waals surface area contributed by atoms with E-state index in [9.17, 15) is 0 Å². The lowest BCUT2D eigenvalue weighted by Crippen LogP contribution is -2.45. The lowest BCUT2D eigenvalue weighted by molar-refractivity contribution is 0.152. The highest BCUT2D eigenvalue weighted by Crippen LogP contribution is 2.28. The molecule has 3 heterocycles. The van der Waals surface area contributed by atoms with Crippen LogP contribution in [0.3, 0.4) is 0 Å². The number of nitrogens with zero attached hydrogens (tertiary/aromatic N) is 5. The van der Waals surface area contributed by atoms with E-state index >= 15 is 0 Å². The summed E-state index contributed by atoms with van der Waals surface area (Å²) in [6, 6.07) is 9.88. The van der Waals surface area contributed by atoms with Crippen LogP contribution >= 0.6 is 35.6 Å². The zero-order valence-electron chi connectivity index (χ0n) is 14.4. The molecule has 3 aromatic rings. The molecule has 1 fully saturated rings. The maximum atomic E-state index is 6.29. The SMILES string of the molecule is Cl.Clc1cccc(-n2cc(CN3CCNCC3c3ccncc3)nn2)c1Cl. The van der Waals surface area contributed by atoms with E-state index in [4.69, 9.17) is 23.2 Å². The molecular formula is C18H19Cl3N6. The van der Waals surface area contributed by atoms with Gasteiger partial charge in [0.1, 0.15) is 0 Å². The number of halogens is 3. The zero-order valence-corrected chi connectivity index (χ0v) is 16.8. The van der Waals surface area contributed by atoms with E-state index in [2.05, 4.69) is 37.6 Å². The van der Waals surface area contributed by atoms with Crippen LogP contribution in [0.15, 0.2) is 48.9 Å². The Hall–Kier alpha value is -1.70. The van der Waals surface area contributed by atoms with E-state index in [1.165, 1.54) is 5.56 Å². The third kappa shape index (κ3) is 4.42. The molecule has 0 bridgehead atoms. The molecule has 0 amide bonds. The van der Waals surface area contributed by atoms with E-state index < -0.39 is 0 Å². The molecule has 142 valence electrons. The topological polar surface area (TPSA) is 58.9 Å². The van der Waals surface area contributed by atoms with Crippen molar-refractivity contribution in [3.8, 4) is 5.69 Å². The van der Waals surface area contributed by atoms with Gasteiger partial charge in [-0.1, -0.05) is 34.5 Å². The van der Waals surface area contributed by atoms with E-state index in [0.717, 1.165) is 31.0 Å². The standard InChI is InChI=1S/C18H18Cl2N6.ClH/c19-15-2-1-3-16(18(15)20)26-12-14(23-24-26)11-25-9-8-22-10-17(25)13-4-6-21-7-5-13;/h1-7,12,17,22H,8-11H2;1H. The molecule has 1 aliphatic rings. The first-order chi connectivity index (χ1) is 12.7. The fraction of sp³-hybridized carbons (Fsp3) is 0.278. The van der Waals surface area contributed by atoms with E-state index in [1.54, 1.807) is 10.7 Å². The Bertz CT molecular complexity index is 886. The molecule has 4 rings (SSSR count). The highest BCUT2D eigenvalue weighted by atomic mass is 35.5. The van der Waals surface area contributed by atoms with Crippen LogP contribution in [0.25, 0.3) is 5.69 Å². The second-order valence-corrected chi connectivity index (χ2v) is 6.98. The van der Waals surface area contributed by atoms with Crippen molar-refractivity contribution in [2.45, 2.75) is 12.6 Å². The monoisotopic (exact) mass is 424 g/mol. The molecule has 0 radical (unpaired) electrons. The van der Waals surface area contributed by atoms with Crippen LogP contribution in [0.5, 0.6) is 0 Å². The molecule has 1 aromatic carbocycles. The summed E-state index contributed by atoms with van der Waals surface area (Å²) in [5.74, 6) is 0. The minimum Gasteiger partial charge on any atom is -0.314 e. The second-order valence-electron chi connectivity index (χ2n) is 6.20. The molecule has 0 aliphatic carbocycles. The number of hydrogen-bond donors (Lipinski definition) is 1. The average Bonchev–Trinajstić information content (AvgIpc) is 3.13. The van der Waals surface area contributed by atoms with Crippen molar-refractivity contribution in [1.29, 1.82) is 0 Å². The first kappa shape index (κ1) is 20.0. The molecule has 2 aromatic heterocycles. The Morgan fingerprint density at radius 3 is 2.78 bits per heavy atom. The minimum absolute atomic E-state index is 0. The molecule has 1 unspecified atom stereocenters. The molecule has 1 saturated heterocycles. The van der Waals surface area contributed by atoms with Gasteiger partial charge in [0.15, 0.2) is 0 Å². The van der Waals surface area contributed by atoms with Crippen LogP contribution in [0.1, 0.15) is 17.3 Å². The van der Waals surface area contributed by atoms with E-state index in [-0.39, 0.29) is 18.4 Å². The molecule has 9 heteroatoms. The molecule has 27 heavy (non-hydrogen) atoms. The average molecular weight is 426 g/mol. The number of nitrogens with one attached hydrogen (secondary N) is 1. The van der Waals surface area contributed by atoms with Gasteiger partial charge in [0.25, 0.3) is 0 Å². The zero-order chi connectivity index (χ0) is 17.9. The molecular weight excluding hydrogens is 407 g/mol. The number of rotatable bonds is 4. The van der Waals surface area contributed by atoms with Crippen molar-refractivity contribution < 1.29 is 0 Å². The minimum atomic E-state index is 0. The number of hydrogen-bond acceptors (Lipinski definition) is 5. The number of aromatic nitrogens is 4. The summed E-state index contributed by atoms with van der Waals surface area (Å²) < 4.78 is 1.67. The van der Waals surface area contributed by atoms with Crippen molar-refractivity contribution in [2.24, 2.45) is 0 Å². The van der Waals surface area contributed by atoms with E-state index in [0.29, 0.717) is 16.6 Å².